The SMILES string of the molecule is C[C@H](O)[C@@H](O)c1cccc(F)c1F. The molecule has 0 radical (unpaired) electrons. The molecule has 0 aliphatic carbocycles. The van der Waals surface area contributed by atoms with Crippen molar-refractivity contribution in [3.05, 3.63) is 35.4 Å². The van der Waals surface area contributed by atoms with Gasteiger partial charge in [-0.25, -0.2) is 8.78 Å². The highest BCUT2D eigenvalue weighted by Crippen LogP contribution is 2.21. The monoisotopic (exact) mass is 188 g/mol. The molecule has 0 amide bonds. The van der Waals surface area contributed by atoms with E-state index in [1.165, 1.54) is 19.1 Å². The van der Waals surface area contributed by atoms with Crippen molar-refractivity contribution >= 4 is 0 Å². The lowest BCUT2D eigenvalue weighted by atomic mass is 10.0. The van der Waals surface area contributed by atoms with Gasteiger partial charge in [-0.3, -0.25) is 0 Å². The van der Waals surface area contributed by atoms with Gasteiger partial charge in [0.05, 0.1) is 6.10 Å². The fourth-order valence-corrected chi connectivity index (χ4v) is 1.01. The Morgan fingerprint density at radius 1 is 1.23 bits per heavy atom. The third-order valence-electron chi connectivity index (χ3n) is 1.76. The first kappa shape index (κ1) is 10.1. The van der Waals surface area contributed by atoms with Crippen molar-refractivity contribution < 1.29 is 19.0 Å². The number of aliphatic hydroxyl groups excluding tert-OH is 2. The average Bonchev–Trinajstić information content (AvgIpc) is 2.08. The van der Waals surface area contributed by atoms with Gasteiger partial charge in [-0.05, 0) is 13.0 Å². The topological polar surface area (TPSA) is 40.5 Å². The largest absolute Gasteiger partial charge is 0.390 e. The Balaban J connectivity index is 3.07. The Labute approximate surface area is 74.4 Å². The van der Waals surface area contributed by atoms with Gasteiger partial charge in [0.25, 0.3) is 0 Å². The molecule has 0 aliphatic rings. The summed E-state index contributed by atoms with van der Waals surface area (Å²) in [4.78, 5) is 0. The van der Waals surface area contributed by atoms with Gasteiger partial charge in [0.15, 0.2) is 11.6 Å². The summed E-state index contributed by atoms with van der Waals surface area (Å²) in [6.07, 6.45) is -2.52. The molecule has 2 N–H and O–H groups in total. The van der Waals surface area contributed by atoms with E-state index in [4.69, 9.17) is 5.11 Å². The predicted octanol–water partition coefficient (Wildman–Crippen LogP) is 1.38. The van der Waals surface area contributed by atoms with Crippen molar-refractivity contribution in [2.45, 2.75) is 19.1 Å². The Bertz CT molecular complexity index is 300. The molecule has 2 atom stereocenters. The van der Waals surface area contributed by atoms with E-state index in [1.54, 1.807) is 0 Å². The standard InChI is InChI=1S/C9H10F2O2/c1-5(12)9(13)6-3-2-4-7(10)8(6)11/h2-5,9,12-13H,1H3/t5-,9+/m0/s1. The van der Waals surface area contributed by atoms with Gasteiger partial charge in [0.2, 0.25) is 0 Å². The molecule has 0 aromatic heterocycles. The van der Waals surface area contributed by atoms with Crippen LogP contribution in [-0.2, 0) is 0 Å². The summed E-state index contributed by atoms with van der Waals surface area (Å²) in [7, 11) is 0. The maximum Gasteiger partial charge on any atom is 0.164 e. The van der Waals surface area contributed by atoms with Crippen LogP contribution in [0.2, 0.25) is 0 Å². The van der Waals surface area contributed by atoms with Crippen LogP contribution in [0.5, 0.6) is 0 Å². The van der Waals surface area contributed by atoms with E-state index in [0.717, 1.165) is 6.07 Å². The Kier molecular flexibility index (Phi) is 2.95. The molecule has 0 bridgehead atoms. The minimum absolute atomic E-state index is 0.227. The molecule has 13 heavy (non-hydrogen) atoms. The van der Waals surface area contributed by atoms with Gasteiger partial charge in [-0.1, -0.05) is 12.1 Å². The minimum atomic E-state index is -1.39. The van der Waals surface area contributed by atoms with Crippen LogP contribution in [0.4, 0.5) is 8.78 Å². The highest BCUT2D eigenvalue weighted by Gasteiger charge is 2.19. The second-order valence-corrected chi connectivity index (χ2v) is 2.83. The molecule has 0 saturated carbocycles. The molecule has 0 unspecified atom stereocenters. The van der Waals surface area contributed by atoms with Gasteiger partial charge in [-0.15, -0.1) is 0 Å². The number of aliphatic hydroxyl groups is 2. The van der Waals surface area contributed by atoms with E-state index in [2.05, 4.69) is 0 Å². The van der Waals surface area contributed by atoms with Crippen LogP contribution in [0.25, 0.3) is 0 Å². The number of benzene rings is 1. The molecule has 0 heterocycles. The zero-order valence-corrected chi connectivity index (χ0v) is 7.04. The average molecular weight is 188 g/mol. The van der Waals surface area contributed by atoms with Crippen molar-refractivity contribution in [3.63, 3.8) is 0 Å². The lowest BCUT2D eigenvalue weighted by molar-refractivity contribution is 0.0279. The second-order valence-electron chi connectivity index (χ2n) is 2.83. The number of hydrogen-bond acceptors (Lipinski definition) is 2. The fraction of sp³-hybridized carbons (Fsp3) is 0.333. The van der Waals surface area contributed by atoms with Gasteiger partial charge in [0.1, 0.15) is 6.10 Å². The molecule has 0 spiro atoms. The van der Waals surface area contributed by atoms with E-state index in [9.17, 15) is 13.9 Å². The van der Waals surface area contributed by atoms with Gasteiger partial charge >= 0.3 is 0 Å². The Hall–Kier alpha value is -1.00. The zero-order valence-electron chi connectivity index (χ0n) is 7.04. The van der Waals surface area contributed by atoms with Gasteiger partial charge < -0.3 is 10.2 Å². The molecule has 0 fully saturated rings. The molecular formula is C9H10F2O2. The molecule has 1 aromatic carbocycles. The van der Waals surface area contributed by atoms with Crippen molar-refractivity contribution in [2.24, 2.45) is 0 Å². The first-order chi connectivity index (χ1) is 6.04. The summed E-state index contributed by atoms with van der Waals surface area (Å²) in [5, 5.41) is 18.2. The summed E-state index contributed by atoms with van der Waals surface area (Å²) in [5.41, 5.74) is -0.227. The van der Waals surface area contributed by atoms with Crippen LogP contribution in [-0.4, -0.2) is 16.3 Å². The number of rotatable bonds is 2. The van der Waals surface area contributed by atoms with Crippen LogP contribution >= 0.6 is 0 Å². The van der Waals surface area contributed by atoms with Crippen LogP contribution in [0, 0.1) is 11.6 Å². The zero-order chi connectivity index (χ0) is 10.0. The van der Waals surface area contributed by atoms with E-state index < -0.39 is 23.8 Å². The third kappa shape index (κ3) is 2.02. The summed E-state index contributed by atoms with van der Waals surface area (Å²) in [5.74, 6) is -2.15. The molecule has 2 nitrogen and oxygen atoms in total. The molecule has 72 valence electrons. The highest BCUT2D eigenvalue weighted by molar-refractivity contribution is 5.21. The summed E-state index contributed by atoms with van der Waals surface area (Å²) >= 11 is 0. The second kappa shape index (κ2) is 3.81. The molecular weight excluding hydrogens is 178 g/mol. The summed E-state index contributed by atoms with van der Waals surface area (Å²) in [6, 6.07) is 3.46. The minimum Gasteiger partial charge on any atom is -0.390 e. The van der Waals surface area contributed by atoms with Crippen LogP contribution in [0.15, 0.2) is 18.2 Å². The first-order valence-electron chi connectivity index (χ1n) is 3.84. The molecule has 0 aliphatic heterocycles. The maximum absolute atomic E-state index is 13.0. The highest BCUT2D eigenvalue weighted by atomic mass is 19.2. The first-order valence-corrected chi connectivity index (χ1v) is 3.84. The predicted molar refractivity (Wildman–Crippen MR) is 43.0 cm³/mol. The van der Waals surface area contributed by atoms with Crippen molar-refractivity contribution in [2.75, 3.05) is 0 Å². The Morgan fingerprint density at radius 2 is 1.85 bits per heavy atom. The van der Waals surface area contributed by atoms with E-state index in [1.807, 2.05) is 0 Å². The smallest absolute Gasteiger partial charge is 0.164 e. The van der Waals surface area contributed by atoms with Crippen LogP contribution < -0.4 is 0 Å². The summed E-state index contributed by atoms with van der Waals surface area (Å²) in [6.45, 7) is 1.30. The lowest BCUT2D eigenvalue weighted by Gasteiger charge is -2.14. The number of halogens is 2. The van der Waals surface area contributed by atoms with E-state index >= 15 is 0 Å². The quantitative estimate of drug-likeness (QED) is 0.736. The lowest BCUT2D eigenvalue weighted by Crippen LogP contribution is -2.15. The van der Waals surface area contributed by atoms with Crippen LogP contribution in [0.3, 0.4) is 0 Å². The fourth-order valence-electron chi connectivity index (χ4n) is 1.01. The van der Waals surface area contributed by atoms with E-state index in [-0.39, 0.29) is 5.56 Å². The van der Waals surface area contributed by atoms with Crippen molar-refractivity contribution in [1.82, 2.24) is 0 Å². The van der Waals surface area contributed by atoms with Crippen molar-refractivity contribution in [1.29, 1.82) is 0 Å². The third-order valence-corrected chi connectivity index (χ3v) is 1.76. The Morgan fingerprint density at radius 3 is 2.38 bits per heavy atom. The number of hydrogen-bond donors (Lipinski definition) is 2. The van der Waals surface area contributed by atoms with E-state index in [0.29, 0.717) is 0 Å². The molecule has 0 saturated heterocycles. The van der Waals surface area contributed by atoms with Gasteiger partial charge in [0, 0.05) is 5.56 Å². The normalized spacial score (nSPS) is 15.5. The van der Waals surface area contributed by atoms with Crippen molar-refractivity contribution in [3.8, 4) is 0 Å². The molecule has 4 heteroatoms. The van der Waals surface area contributed by atoms with Gasteiger partial charge in [-0.2, -0.15) is 0 Å². The molecule has 1 aromatic rings. The summed E-state index contributed by atoms with van der Waals surface area (Å²) < 4.78 is 25.6. The molecule has 1 rings (SSSR count). The van der Waals surface area contributed by atoms with Crippen LogP contribution in [0.1, 0.15) is 18.6 Å². The maximum atomic E-state index is 13.0.